The molecule has 0 bridgehead atoms. The minimum atomic E-state index is -2.82. The number of hydrogen-bond donors (Lipinski definition) is 0. The summed E-state index contributed by atoms with van der Waals surface area (Å²) in [6, 6.07) is 81.7. The monoisotopic (exact) mass is 782 g/mol. The van der Waals surface area contributed by atoms with E-state index in [2.05, 4.69) is 241 Å². The predicted octanol–water partition coefficient (Wildman–Crippen LogP) is 11.6. The van der Waals surface area contributed by atoms with Crippen molar-refractivity contribution in [2.75, 3.05) is 0 Å². The van der Waals surface area contributed by atoms with E-state index in [0.717, 1.165) is 0 Å². The highest BCUT2D eigenvalue weighted by Gasteiger charge is 2.42. The number of fused-ring (bicyclic) bond motifs is 10. The highest BCUT2D eigenvalue weighted by Crippen LogP contribution is 2.53. The van der Waals surface area contributed by atoms with Crippen molar-refractivity contribution in [3.05, 3.63) is 230 Å². The van der Waals surface area contributed by atoms with Crippen molar-refractivity contribution >= 4 is 72.4 Å². The molecule has 60 heavy (non-hydrogen) atoms. The largest absolute Gasteiger partial charge is 0.309 e. The zero-order valence-electron chi connectivity index (χ0n) is 33.7. The number of hydrogen-bond acceptors (Lipinski definition) is 0. The second-order valence-electron chi connectivity index (χ2n) is 16.9. The molecule has 2 aromatic heterocycles. The minimum Gasteiger partial charge on any atom is -0.309 e. The van der Waals surface area contributed by atoms with Gasteiger partial charge in [0.05, 0.1) is 22.1 Å². The lowest BCUT2D eigenvalue weighted by Gasteiger charge is -2.34. The summed E-state index contributed by atoms with van der Waals surface area (Å²) in [5, 5.41) is 10.6. The fraction of sp³-hybridized carbons (Fsp3) is 0.0526. The maximum atomic E-state index is 2.49. The standard InChI is InChI=1S/C57H42N2Si/c1-57(2)50-25-13-9-21-45(50)48-37-38-54-55(56(48)57)49-24-12-16-28-53(49)59(54)40-31-35-44(36-32-40)60(41-17-5-3-6-18-41,42-19-7-4-8-20-42)43-33-29-39(30-34-43)58-51-26-14-10-22-46(51)47-23-11-15-27-52(47)58/h3-38H,1-2H3. The molecule has 1 aliphatic carbocycles. The lowest BCUT2D eigenvalue weighted by Crippen LogP contribution is -2.74. The summed E-state index contributed by atoms with van der Waals surface area (Å²) < 4.78 is 4.90. The maximum Gasteiger partial charge on any atom is 0.179 e. The van der Waals surface area contributed by atoms with Gasteiger partial charge in [-0.15, -0.1) is 0 Å². The van der Waals surface area contributed by atoms with Crippen molar-refractivity contribution in [3.63, 3.8) is 0 Å². The Labute approximate surface area is 351 Å². The summed E-state index contributed by atoms with van der Waals surface area (Å²) in [5.74, 6) is 0. The molecule has 0 fully saturated rings. The van der Waals surface area contributed by atoms with Gasteiger partial charge < -0.3 is 9.13 Å². The van der Waals surface area contributed by atoms with Crippen LogP contribution in [0.3, 0.4) is 0 Å². The summed E-state index contributed by atoms with van der Waals surface area (Å²) in [6.45, 7) is 4.79. The molecule has 9 aromatic carbocycles. The molecule has 2 heterocycles. The van der Waals surface area contributed by atoms with E-state index in [1.165, 1.54) is 98.0 Å². The average molecular weight is 783 g/mol. The number of rotatable bonds is 6. The number of aromatic nitrogens is 2. The Bertz CT molecular complexity index is 3330. The Morgan fingerprint density at radius 3 is 1.30 bits per heavy atom. The molecule has 11 aromatic rings. The van der Waals surface area contributed by atoms with Crippen LogP contribution in [0.5, 0.6) is 0 Å². The first kappa shape index (κ1) is 34.8. The van der Waals surface area contributed by atoms with Crippen LogP contribution in [0, 0.1) is 0 Å². The van der Waals surface area contributed by atoms with Crippen molar-refractivity contribution < 1.29 is 0 Å². The molecular weight excluding hydrogens is 741 g/mol. The highest BCUT2D eigenvalue weighted by atomic mass is 28.3. The second-order valence-corrected chi connectivity index (χ2v) is 20.7. The van der Waals surface area contributed by atoms with Crippen LogP contribution in [-0.4, -0.2) is 17.2 Å². The third-order valence-electron chi connectivity index (χ3n) is 13.5. The number of benzene rings is 9. The molecule has 0 spiro atoms. The van der Waals surface area contributed by atoms with Crippen LogP contribution in [-0.2, 0) is 5.41 Å². The third-order valence-corrected chi connectivity index (χ3v) is 18.3. The highest BCUT2D eigenvalue weighted by molar-refractivity contribution is 7.19. The lowest BCUT2D eigenvalue weighted by atomic mass is 9.80. The molecule has 0 amide bonds. The molecular formula is C57H42N2Si. The van der Waals surface area contributed by atoms with Gasteiger partial charge >= 0.3 is 0 Å². The summed E-state index contributed by atoms with van der Waals surface area (Å²) in [6.07, 6.45) is 0. The van der Waals surface area contributed by atoms with Crippen LogP contribution in [0.2, 0.25) is 0 Å². The van der Waals surface area contributed by atoms with E-state index in [0.29, 0.717) is 0 Å². The first-order chi connectivity index (χ1) is 29.5. The van der Waals surface area contributed by atoms with Gasteiger partial charge in [-0.05, 0) is 91.5 Å². The maximum absolute atomic E-state index is 2.82. The molecule has 284 valence electrons. The molecule has 12 rings (SSSR count). The zero-order chi connectivity index (χ0) is 40.0. The van der Waals surface area contributed by atoms with E-state index in [1.807, 2.05) is 0 Å². The van der Waals surface area contributed by atoms with Crippen molar-refractivity contribution in [2.24, 2.45) is 0 Å². The van der Waals surface area contributed by atoms with Gasteiger partial charge in [0.25, 0.3) is 0 Å². The number of nitrogens with zero attached hydrogens (tertiary/aromatic N) is 2. The van der Waals surface area contributed by atoms with Crippen LogP contribution in [0.1, 0.15) is 25.0 Å². The molecule has 0 atom stereocenters. The SMILES string of the molecule is CC1(C)c2ccccc2-c2ccc3c(c21)c1ccccc1n3-c1ccc([Si](c2ccccc2)(c2ccccc2)c2ccc(-n3c4ccccc4c4ccccc43)cc2)cc1. The molecule has 0 saturated carbocycles. The van der Waals surface area contributed by atoms with Gasteiger partial charge in [0.15, 0.2) is 8.07 Å². The van der Waals surface area contributed by atoms with Crippen molar-refractivity contribution in [2.45, 2.75) is 19.3 Å². The molecule has 3 heteroatoms. The molecule has 0 N–H and O–H groups in total. The van der Waals surface area contributed by atoms with E-state index in [9.17, 15) is 0 Å². The van der Waals surface area contributed by atoms with Crippen LogP contribution < -0.4 is 20.7 Å². The summed E-state index contributed by atoms with van der Waals surface area (Å²) in [4.78, 5) is 0. The van der Waals surface area contributed by atoms with Crippen molar-refractivity contribution in [3.8, 4) is 22.5 Å². The number of para-hydroxylation sites is 3. The Kier molecular flexibility index (Phi) is 7.63. The van der Waals surface area contributed by atoms with Crippen LogP contribution >= 0.6 is 0 Å². The lowest BCUT2D eigenvalue weighted by molar-refractivity contribution is 0.666. The fourth-order valence-electron chi connectivity index (χ4n) is 10.9. The van der Waals surface area contributed by atoms with Gasteiger partial charge in [-0.2, -0.15) is 0 Å². The topological polar surface area (TPSA) is 9.86 Å². The second kappa shape index (κ2) is 13.2. The normalized spacial score (nSPS) is 13.3. The van der Waals surface area contributed by atoms with Crippen molar-refractivity contribution in [1.82, 2.24) is 9.13 Å². The third kappa shape index (κ3) is 4.81. The summed E-state index contributed by atoms with van der Waals surface area (Å²) in [5.41, 5.74) is 12.7. The predicted molar refractivity (Wildman–Crippen MR) is 256 cm³/mol. The molecule has 0 saturated heterocycles. The van der Waals surface area contributed by atoms with Gasteiger partial charge in [0, 0.05) is 38.3 Å². The summed E-state index contributed by atoms with van der Waals surface area (Å²) in [7, 11) is -2.82. The van der Waals surface area contributed by atoms with Crippen molar-refractivity contribution in [1.29, 1.82) is 0 Å². The zero-order valence-corrected chi connectivity index (χ0v) is 34.7. The van der Waals surface area contributed by atoms with E-state index < -0.39 is 8.07 Å². The van der Waals surface area contributed by atoms with Gasteiger partial charge in [-0.25, -0.2) is 0 Å². The Morgan fingerprint density at radius 1 is 0.333 bits per heavy atom. The van der Waals surface area contributed by atoms with Gasteiger partial charge in [0.1, 0.15) is 0 Å². The molecule has 0 radical (unpaired) electrons. The van der Waals surface area contributed by atoms with Crippen LogP contribution in [0.25, 0.3) is 66.1 Å². The average Bonchev–Trinajstić information content (AvgIpc) is 3.91. The van der Waals surface area contributed by atoms with E-state index in [1.54, 1.807) is 0 Å². The van der Waals surface area contributed by atoms with Gasteiger partial charge in [0.2, 0.25) is 0 Å². The first-order valence-electron chi connectivity index (χ1n) is 21.0. The Balaban J connectivity index is 1.06. The summed E-state index contributed by atoms with van der Waals surface area (Å²) >= 11 is 0. The molecule has 0 aliphatic heterocycles. The Hall–Kier alpha value is -7.20. The van der Waals surface area contributed by atoms with Gasteiger partial charge in [-0.3, -0.25) is 0 Å². The fourth-order valence-corrected chi connectivity index (χ4v) is 15.6. The van der Waals surface area contributed by atoms with E-state index >= 15 is 0 Å². The quantitative estimate of drug-likeness (QED) is 0.117. The molecule has 2 nitrogen and oxygen atoms in total. The Morgan fingerprint density at radius 2 is 0.750 bits per heavy atom. The smallest absolute Gasteiger partial charge is 0.179 e. The van der Waals surface area contributed by atoms with E-state index in [-0.39, 0.29) is 5.41 Å². The minimum absolute atomic E-state index is 0.113. The molecule has 1 aliphatic rings. The van der Waals surface area contributed by atoms with Crippen LogP contribution in [0.4, 0.5) is 0 Å². The molecule has 0 unspecified atom stereocenters. The van der Waals surface area contributed by atoms with Gasteiger partial charge in [-0.1, -0.05) is 184 Å². The first-order valence-corrected chi connectivity index (χ1v) is 23.0. The van der Waals surface area contributed by atoms with Crippen LogP contribution in [0.15, 0.2) is 218 Å². The van der Waals surface area contributed by atoms with E-state index in [4.69, 9.17) is 0 Å².